The number of fused-ring (bicyclic) bond motifs is 2. The molecule has 1 aliphatic rings. The molecule has 1 aliphatic heterocycles. The molecule has 4 heteroatoms. The SMILES string of the molecule is OCCn1c(-c2ccc3c(c2)NCC3)nc2ccccc21. The zero-order valence-electron chi connectivity index (χ0n) is 11.7. The van der Waals surface area contributed by atoms with Gasteiger partial charge in [0, 0.05) is 24.3 Å². The molecule has 3 aromatic rings. The van der Waals surface area contributed by atoms with Crippen LogP contribution in [0.15, 0.2) is 42.5 Å². The summed E-state index contributed by atoms with van der Waals surface area (Å²) in [7, 11) is 0. The molecule has 0 aliphatic carbocycles. The van der Waals surface area contributed by atoms with Gasteiger partial charge in [-0.3, -0.25) is 0 Å². The van der Waals surface area contributed by atoms with E-state index >= 15 is 0 Å². The molecule has 2 heterocycles. The zero-order chi connectivity index (χ0) is 14.2. The third kappa shape index (κ3) is 1.99. The molecule has 0 unspecified atom stereocenters. The van der Waals surface area contributed by atoms with Crippen LogP contribution in [-0.2, 0) is 13.0 Å². The number of hydrogen-bond donors (Lipinski definition) is 2. The van der Waals surface area contributed by atoms with Gasteiger partial charge in [0.05, 0.1) is 17.6 Å². The zero-order valence-corrected chi connectivity index (χ0v) is 11.7. The van der Waals surface area contributed by atoms with Crippen molar-refractivity contribution < 1.29 is 5.11 Å². The summed E-state index contributed by atoms with van der Waals surface area (Å²) in [5.74, 6) is 0.918. The number of aromatic nitrogens is 2. The fourth-order valence-electron chi connectivity index (χ4n) is 3.05. The van der Waals surface area contributed by atoms with Crippen molar-refractivity contribution in [3.63, 3.8) is 0 Å². The van der Waals surface area contributed by atoms with E-state index in [1.165, 1.54) is 11.3 Å². The highest BCUT2D eigenvalue weighted by molar-refractivity contribution is 5.81. The van der Waals surface area contributed by atoms with Crippen LogP contribution in [0.4, 0.5) is 5.69 Å². The summed E-state index contributed by atoms with van der Waals surface area (Å²) in [6.45, 7) is 1.67. The Morgan fingerprint density at radius 1 is 1.19 bits per heavy atom. The van der Waals surface area contributed by atoms with Crippen molar-refractivity contribution in [1.29, 1.82) is 0 Å². The molecule has 0 bridgehead atoms. The summed E-state index contributed by atoms with van der Waals surface area (Å²) in [5.41, 5.74) is 5.69. The molecule has 0 amide bonds. The van der Waals surface area contributed by atoms with E-state index in [4.69, 9.17) is 4.98 Å². The van der Waals surface area contributed by atoms with E-state index in [-0.39, 0.29) is 6.61 Å². The fraction of sp³-hybridized carbons (Fsp3) is 0.235. The molecule has 0 saturated heterocycles. The second kappa shape index (κ2) is 4.90. The quantitative estimate of drug-likeness (QED) is 0.775. The van der Waals surface area contributed by atoms with Gasteiger partial charge in [-0.15, -0.1) is 0 Å². The molecule has 106 valence electrons. The number of benzene rings is 2. The Labute approximate surface area is 123 Å². The van der Waals surface area contributed by atoms with Gasteiger partial charge in [-0.1, -0.05) is 24.3 Å². The van der Waals surface area contributed by atoms with Gasteiger partial charge in [0.25, 0.3) is 0 Å². The minimum absolute atomic E-state index is 0.108. The highest BCUT2D eigenvalue weighted by Crippen LogP contribution is 2.30. The molecular weight excluding hydrogens is 262 g/mol. The van der Waals surface area contributed by atoms with Crippen molar-refractivity contribution in [2.75, 3.05) is 18.5 Å². The average molecular weight is 279 g/mol. The lowest BCUT2D eigenvalue weighted by Gasteiger charge is -2.09. The highest BCUT2D eigenvalue weighted by atomic mass is 16.3. The van der Waals surface area contributed by atoms with E-state index in [9.17, 15) is 5.11 Å². The third-order valence-corrected chi connectivity index (χ3v) is 4.06. The minimum atomic E-state index is 0.108. The molecule has 1 aromatic heterocycles. The van der Waals surface area contributed by atoms with E-state index in [1.54, 1.807) is 0 Å². The second-order valence-electron chi connectivity index (χ2n) is 5.35. The smallest absolute Gasteiger partial charge is 0.141 e. The second-order valence-corrected chi connectivity index (χ2v) is 5.35. The molecule has 0 atom stereocenters. The van der Waals surface area contributed by atoms with Crippen LogP contribution in [0.2, 0.25) is 0 Å². The normalized spacial score (nSPS) is 13.4. The third-order valence-electron chi connectivity index (χ3n) is 4.06. The number of aliphatic hydroxyl groups is 1. The summed E-state index contributed by atoms with van der Waals surface area (Å²) in [6, 6.07) is 14.5. The first-order chi connectivity index (χ1) is 10.4. The number of imidazole rings is 1. The van der Waals surface area contributed by atoms with Gasteiger partial charge in [-0.2, -0.15) is 0 Å². The van der Waals surface area contributed by atoms with Crippen molar-refractivity contribution in [3.05, 3.63) is 48.0 Å². The van der Waals surface area contributed by atoms with Gasteiger partial charge in [-0.05, 0) is 30.2 Å². The standard InChI is InChI=1S/C17H17N3O/c21-10-9-20-16-4-2-1-3-14(16)19-17(20)13-6-5-12-7-8-18-15(12)11-13/h1-6,11,18,21H,7-10H2. The molecule has 4 rings (SSSR count). The van der Waals surface area contributed by atoms with E-state index in [0.717, 1.165) is 35.4 Å². The maximum Gasteiger partial charge on any atom is 0.141 e. The minimum Gasteiger partial charge on any atom is -0.395 e. The Morgan fingerprint density at radius 3 is 3.00 bits per heavy atom. The van der Waals surface area contributed by atoms with Crippen LogP contribution in [0, 0.1) is 0 Å². The molecule has 0 saturated carbocycles. The summed E-state index contributed by atoms with van der Waals surface area (Å²) in [4.78, 5) is 4.75. The number of hydrogen-bond acceptors (Lipinski definition) is 3. The summed E-state index contributed by atoms with van der Waals surface area (Å²) in [5, 5.41) is 12.8. The number of nitrogens with one attached hydrogen (secondary N) is 1. The van der Waals surface area contributed by atoms with Crippen molar-refractivity contribution in [3.8, 4) is 11.4 Å². The van der Waals surface area contributed by atoms with Crippen molar-refractivity contribution in [2.24, 2.45) is 0 Å². The molecule has 4 nitrogen and oxygen atoms in total. The van der Waals surface area contributed by atoms with Gasteiger partial charge in [0.2, 0.25) is 0 Å². The lowest BCUT2D eigenvalue weighted by Crippen LogP contribution is -2.04. The van der Waals surface area contributed by atoms with Crippen LogP contribution in [-0.4, -0.2) is 27.8 Å². The highest BCUT2D eigenvalue weighted by Gasteiger charge is 2.15. The van der Waals surface area contributed by atoms with Crippen LogP contribution in [0.25, 0.3) is 22.4 Å². The van der Waals surface area contributed by atoms with Crippen LogP contribution < -0.4 is 5.32 Å². The summed E-state index contributed by atoms with van der Waals surface area (Å²) < 4.78 is 2.09. The number of nitrogens with zero attached hydrogens (tertiary/aromatic N) is 2. The number of rotatable bonds is 3. The van der Waals surface area contributed by atoms with Crippen molar-refractivity contribution in [1.82, 2.24) is 9.55 Å². The van der Waals surface area contributed by atoms with Gasteiger partial charge in [0.15, 0.2) is 0 Å². The van der Waals surface area contributed by atoms with Gasteiger partial charge in [0.1, 0.15) is 5.82 Å². The maximum atomic E-state index is 9.36. The molecular formula is C17H17N3O. The first-order valence-corrected chi connectivity index (χ1v) is 7.30. The van der Waals surface area contributed by atoms with Crippen molar-refractivity contribution >= 4 is 16.7 Å². The molecule has 0 fully saturated rings. The average Bonchev–Trinajstić information content (AvgIpc) is 3.11. The van der Waals surface area contributed by atoms with Crippen LogP contribution in [0.1, 0.15) is 5.56 Å². The number of para-hydroxylation sites is 2. The first-order valence-electron chi connectivity index (χ1n) is 7.30. The summed E-state index contributed by atoms with van der Waals surface area (Å²) in [6.07, 6.45) is 1.09. The lowest BCUT2D eigenvalue weighted by atomic mass is 10.1. The molecule has 2 N–H and O–H groups in total. The Bertz CT molecular complexity index is 807. The Hall–Kier alpha value is -2.33. The predicted octanol–water partition coefficient (Wildman–Crippen LogP) is 2.66. The fourth-order valence-corrected chi connectivity index (χ4v) is 3.05. The van der Waals surface area contributed by atoms with Crippen LogP contribution in [0.5, 0.6) is 0 Å². The maximum absolute atomic E-state index is 9.36. The number of aliphatic hydroxyl groups excluding tert-OH is 1. The Balaban J connectivity index is 1.91. The summed E-state index contributed by atoms with van der Waals surface area (Å²) >= 11 is 0. The Morgan fingerprint density at radius 2 is 2.10 bits per heavy atom. The van der Waals surface area contributed by atoms with Crippen LogP contribution in [0.3, 0.4) is 0 Å². The molecule has 0 radical (unpaired) electrons. The van der Waals surface area contributed by atoms with E-state index < -0.39 is 0 Å². The largest absolute Gasteiger partial charge is 0.395 e. The first kappa shape index (κ1) is 12.4. The molecule has 2 aromatic carbocycles. The monoisotopic (exact) mass is 279 g/mol. The Kier molecular flexibility index (Phi) is 2.89. The van der Waals surface area contributed by atoms with E-state index in [0.29, 0.717) is 6.54 Å². The lowest BCUT2D eigenvalue weighted by molar-refractivity contribution is 0.278. The van der Waals surface area contributed by atoms with Gasteiger partial charge < -0.3 is 15.0 Å². The molecule has 0 spiro atoms. The predicted molar refractivity (Wildman–Crippen MR) is 84.4 cm³/mol. The van der Waals surface area contributed by atoms with Gasteiger partial charge in [-0.25, -0.2) is 4.98 Å². The topological polar surface area (TPSA) is 50.1 Å². The number of anilines is 1. The van der Waals surface area contributed by atoms with Crippen molar-refractivity contribution in [2.45, 2.75) is 13.0 Å². The van der Waals surface area contributed by atoms with Gasteiger partial charge >= 0.3 is 0 Å². The van der Waals surface area contributed by atoms with Crippen LogP contribution >= 0.6 is 0 Å². The molecule has 21 heavy (non-hydrogen) atoms. The van der Waals surface area contributed by atoms with E-state index in [1.807, 2.05) is 24.3 Å². The van der Waals surface area contributed by atoms with E-state index in [2.05, 4.69) is 28.1 Å².